The minimum atomic E-state index is 0.221. The monoisotopic (exact) mass is 264 g/mol. The number of nitrogens with zero attached hydrogens (tertiary/aromatic N) is 2. The topological polar surface area (TPSA) is 16.1 Å². The molecule has 2 nitrogen and oxygen atoms in total. The zero-order chi connectivity index (χ0) is 13.2. The first-order valence-electron chi connectivity index (χ1n) is 6.89. The van der Waals surface area contributed by atoms with Gasteiger partial charge in [-0.1, -0.05) is 33.8 Å². The summed E-state index contributed by atoms with van der Waals surface area (Å²) in [6, 6.07) is 4.92. The van der Waals surface area contributed by atoms with Crippen molar-refractivity contribution < 1.29 is 0 Å². The molecule has 1 aliphatic heterocycles. The van der Waals surface area contributed by atoms with Gasteiger partial charge in [0.1, 0.15) is 5.03 Å². The molecule has 1 atom stereocenters. The molecule has 1 aromatic rings. The first kappa shape index (κ1) is 13.9. The van der Waals surface area contributed by atoms with Gasteiger partial charge in [-0.05, 0) is 32.0 Å². The molecular formula is C15H24N2S. The number of aromatic nitrogens is 1. The molecule has 2 rings (SSSR count). The Hall–Kier alpha value is -0.540. The summed E-state index contributed by atoms with van der Waals surface area (Å²) in [5.74, 6) is 0. The van der Waals surface area contributed by atoms with Crippen molar-refractivity contribution in [1.82, 2.24) is 9.88 Å². The van der Waals surface area contributed by atoms with Crippen molar-refractivity contribution >= 4 is 11.8 Å². The third-order valence-electron chi connectivity index (χ3n) is 3.33. The molecule has 0 spiro atoms. The Morgan fingerprint density at radius 2 is 2.22 bits per heavy atom. The Morgan fingerprint density at radius 1 is 1.44 bits per heavy atom. The molecule has 0 N–H and O–H groups in total. The summed E-state index contributed by atoms with van der Waals surface area (Å²) in [6.07, 6.45) is 4.51. The Bertz CT molecular complexity index is 398. The highest BCUT2D eigenvalue weighted by molar-refractivity contribution is 8.00. The molecular weight excluding hydrogens is 240 g/mol. The summed E-state index contributed by atoms with van der Waals surface area (Å²) in [4.78, 5) is 7.19. The molecule has 0 radical (unpaired) electrons. The van der Waals surface area contributed by atoms with Gasteiger partial charge in [0.15, 0.2) is 0 Å². The van der Waals surface area contributed by atoms with Crippen LogP contribution in [-0.2, 0) is 0 Å². The van der Waals surface area contributed by atoms with Crippen LogP contribution < -0.4 is 0 Å². The summed E-state index contributed by atoms with van der Waals surface area (Å²) in [7, 11) is 0. The quantitative estimate of drug-likeness (QED) is 0.764. The van der Waals surface area contributed by atoms with E-state index in [1.165, 1.54) is 30.0 Å². The SMILES string of the molecule is CCN1CCCC1c1cccnc1SC(C)(C)C. The highest BCUT2D eigenvalue weighted by Crippen LogP contribution is 2.39. The molecule has 0 aliphatic carbocycles. The summed E-state index contributed by atoms with van der Waals surface area (Å²) >= 11 is 1.89. The second-order valence-electron chi connectivity index (χ2n) is 5.90. The third kappa shape index (κ3) is 3.27. The normalized spacial score (nSPS) is 21.4. The van der Waals surface area contributed by atoms with Gasteiger partial charge < -0.3 is 0 Å². The lowest BCUT2D eigenvalue weighted by Crippen LogP contribution is -2.23. The van der Waals surface area contributed by atoms with E-state index in [9.17, 15) is 0 Å². The molecule has 1 saturated heterocycles. The van der Waals surface area contributed by atoms with Crippen LogP contribution in [0.15, 0.2) is 23.4 Å². The molecule has 1 unspecified atom stereocenters. The van der Waals surface area contributed by atoms with Gasteiger partial charge in [0.25, 0.3) is 0 Å². The Balaban J connectivity index is 2.27. The Kier molecular flexibility index (Phi) is 4.33. The van der Waals surface area contributed by atoms with Gasteiger partial charge >= 0.3 is 0 Å². The van der Waals surface area contributed by atoms with Gasteiger partial charge in [-0.2, -0.15) is 0 Å². The van der Waals surface area contributed by atoms with Crippen molar-refractivity contribution in [3.8, 4) is 0 Å². The van der Waals surface area contributed by atoms with E-state index in [0.717, 1.165) is 6.54 Å². The number of rotatable bonds is 3. The van der Waals surface area contributed by atoms with Gasteiger partial charge in [0, 0.05) is 22.5 Å². The molecule has 0 bridgehead atoms. The van der Waals surface area contributed by atoms with Crippen LogP contribution >= 0.6 is 11.8 Å². The van der Waals surface area contributed by atoms with Gasteiger partial charge in [-0.25, -0.2) is 4.98 Å². The minimum absolute atomic E-state index is 0.221. The van der Waals surface area contributed by atoms with Crippen LogP contribution in [0.5, 0.6) is 0 Å². The zero-order valence-corrected chi connectivity index (χ0v) is 12.8. The molecule has 3 heteroatoms. The van der Waals surface area contributed by atoms with Crippen LogP contribution in [-0.4, -0.2) is 27.7 Å². The van der Waals surface area contributed by atoms with Crippen LogP contribution in [0.4, 0.5) is 0 Å². The van der Waals surface area contributed by atoms with E-state index in [0.29, 0.717) is 6.04 Å². The first-order valence-corrected chi connectivity index (χ1v) is 7.71. The molecule has 100 valence electrons. The standard InChI is InChI=1S/C15H24N2S/c1-5-17-11-7-9-13(17)12-8-6-10-16-14(12)18-15(2,3)4/h6,8,10,13H,5,7,9,11H2,1-4H3. The van der Waals surface area contributed by atoms with Crippen molar-refractivity contribution in [2.75, 3.05) is 13.1 Å². The van der Waals surface area contributed by atoms with Crippen molar-refractivity contribution in [2.45, 2.75) is 56.4 Å². The predicted octanol–water partition coefficient (Wildman–Crippen LogP) is 4.13. The van der Waals surface area contributed by atoms with E-state index in [1.54, 1.807) is 0 Å². The average molecular weight is 264 g/mol. The third-order valence-corrected chi connectivity index (χ3v) is 4.48. The van der Waals surface area contributed by atoms with E-state index >= 15 is 0 Å². The fraction of sp³-hybridized carbons (Fsp3) is 0.667. The highest BCUT2D eigenvalue weighted by atomic mass is 32.2. The first-order chi connectivity index (χ1) is 8.51. The van der Waals surface area contributed by atoms with Crippen LogP contribution in [0, 0.1) is 0 Å². The maximum Gasteiger partial charge on any atom is 0.101 e. The van der Waals surface area contributed by atoms with Gasteiger partial charge in [-0.15, -0.1) is 11.8 Å². The molecule has 0 aromatic carbocycles. The van der Waals surface area contributed by atoms with Crippen LogP contribution in [0.25, 0.3) is 0 Å². The van der Waals surface area contributed by atoms with Gasteiger partial charge in [0.05, 0.1) is 0 Å². The van der Waals surface area contributed by atoms with Crippen LogP contribution in [0.2, 0.25) is 0 Å². The van der Waals surface area contributed by atoms with Crippen LogP contribution in [0.1, 0.15) is 52.1 Å². The summed E-state index contributed by atoms with van der Waals surface area (Å²) in [5.41, 5.74) is 1.43. The lowest BCUT2D eigenvalue weighted by atomic mass is 10.1. The largest absolute Gasteiger partial charge is 0.297 e. The smallest absolute Gasteiger partial charge is 0.101 e. The molecule has 18 heavy (non-hydrogen) atoms. The van der Waals surface area contributed by atoms with Gasteiger partial charge in [-0.3, -0.25) is 4.90 Å². The molecule has 0 saturated carbocycles. The average Bonchev–Trinajstić information content (AvgIpc) is 2.75. The van der Waals surface area contributed by atoms with Crippen molar-refractivity contribution in [3.05, 3.63) is 23.9 Å². The second kappa shape index (κ2) is 5.62. The van der Waals surface area contributed by atoms with Crippen molar-refractivity contribution in [3.63, 3.8) is 0 Å². The lowest BCUT2D eigenvalue weighted by molar-refractivity contribution is 0.268. The van der Waals surface area contributed by atoms with Crippen molar-refractivity contribution in [1.29, 1.82) is 0 Å². The Labute approximate surface area is 115 Å². The number of thioether (sulfide) groups is 1. The Morgan fingerprint density at radius 3 is 2.89 bits per heavy atom. The summed E-state index contributed by atoms with van der Waals surface area (Å²) < 4.78 is 0.221. The highest BCUT2D eigenvalue weighted by Gasteiger charge is 2.28. The predicted molar refractivity (Wildman–Crippen MR) is 79.1 cm³/mol. The fourth-order valence-corrected chi connectivity index (χ4v) is 3.60. The molecule has 2 heterocycles. The maximum atomic E-state index is 4.61. The molecule has 1 fully saturated rings. The van der Waals surface area contributed by atoms with E-state index < -0.39 is 0 Å². The molecule has 1 aromatic heterocycles. The molecule has 1 aliphatic rings. The number of pyridine rings is 1. The van der Waals surface area contributed by atoms with E-state index in [4.69, 9.17) is 0 Å². The minimum Gasteiger partial charge on any atom is -0.297 e. The second-order valence-corrected chi connectivity index (χ2v) is 7.71. The van der Waals surface area contributed by atoms with E-state index in [2.05, 4.69) is 49.7 Å². The zero-order valence-electron chi connectivity index (χ0n) is 11.9. The summed E-state index contributed by atoms with van der Waals surface area (Å²) in [5, 5.41) is 1.22. The maximum absolute atomic E-state index is 4.61. The number of likely N-dealkylation sites (tertiary alicyclic amines) is 1. The number of hydrogen-bond donors (Lipinski definition) is 0. The van der Waals surface area contributed by atoms with E-state index in [1.807, 2.05) is 18.0 Å². The van der Waals surface area contributed by atoms with Crippen LogP contribution in [0.3, 0.4) is 0 Å². The van der Waals surface area contributed by atoms with Crippen molar-refractivity contribution in [2.24, 2.45) is 0 Å². The lowest BCUT2D eigenvalue weighted by Gasteiger charge is -2.26. The summed E-state index contributed by atoms with van der Waals surface area (Å²) in [6.45, 7) is 11.4. The molecule has 0 amide bonds. The van der Waals surface area contributed by atoms with Gasteiger partial charge in [0.2, 0.25) is 0 Å². The number of hydrogen-bond acceptors (Lipinski definition) is 3. The van der Waals surface area contributed by atoms with E-state index in [-0.39, 0.29) is 4.75 Å². The fourth-order valence-electron chi connectivity index (χ4n) is 2.59.